The first kappa shape index (κ1) is 12.9. The molecule has 0 aliphatic rings. The Morgan fingerprint density at radius 3 is 2.38 bits per heavy atom. The number of hydrogen-bond donors (Lipinski definition) is 0. The van der Waals surface area contributed by atoms with E-state index >= 15 is 0 Å². The van der Waals surface area contributed by atoms with E-state index in [1.165, 1.54) is 19.3 Å². The molecule has 1 unspecified atom stereocenters. The second-order valence-corrected chi connectivity index (χ2v) is 3.46. The average molecular weight is 188 g/mol. The molecule has 13 heavy (non-hydrogen) atoms. The summed E-state index contributed by atoms with van der Waals surface area (Å²) in [6.45, 7) is 8.86. The Balaban J connectivity index is 3.05. The summed E-state index contributed by atoms with van der Waals surface area (Å²) in [5.74, 6) is 0. The van der Waals surface area contributed by atoms with Gasteiger partial charge in [0.15, 0.2) is 0 Å². The number of rotatable bonds is 9. The molecule has 0 spiro atoms. The molecule has 0 N–H and O–H groups in total. The second kappa shape index (κ2) is 10.0. The van der Waals surface area contributed by atoms with Crippen molar-refractivity contribution in [2.24, 2.45) is 0 Å². The van der Waals surface area contributed by atoms with Crippen molar-refractivity contribution in [3.8, 4) is 0 Å². The third-order valence-electron chi connectivity index (χ3n) is 1.85. The van der Waals surface area contributed by atoms with E-state index in [-0.39, 0.29) is 6.10 Å². The molecule has 0 rings (SSSR count). The molecule has 0 aliphatic carbocycles. The fraction of sp³-hybridized carbons (Fsp3) is 1.00. The Labute approximate surface area is 82.6 Å². The second-order valence-electron chi connectivity index (χ2n) is 3.46. The topological polar surface area (TPSA) is 18.5 Å². The standard InChI is InChI=1S/C11H24O2/c1-4-6-7-9-13-11(3)10-12-8-5-2/h11H,4-10H2,1-3H3. The maximum absolute atomic E-state index is 5.57. The highest BCUT2D eigenvalue weighted by atomic mass is 16.5. The predicted octanol–water partition coefficient (Wildman–Crippen LogP) is 3.01. The van der Waals surface area contributed by atoms with E-state index in [0.717, 1.165) is 26.2 Å². The van der Waals surface area contributed by atoms with Gasteiger partial charge >= 0.3 is 0 Å². The summed E-state index contributed by atoms with van der Waals surface area (Å²) in [6.07, 6.45) is 5.03. The lowest BCUT2D eigenvalue weighted by Gasteiger charge is -2.12. The van der Waals surface area contributed by atoms with Crippen LogP contribution in [0.2, 0.25) is 0 Å². The minimum atomic E-state index is 0.253. The zero-order valence-corrected chi connectivity index (χ0v) is 9.34. The van der Waals surface area contributed by atoms with Crippen LogP contribution in [0.15, 0.2) is 0 Å². The predicted molar refractivity (Wildman–Crippen MR) is 56.0 cm³/mol. The van der Waals surface area contributed by atoms with Crippen LogP contribution in [-0.4, -0.2) is 25.9 Å². The number of ether oxygens (including phenoxy) is 2. The fourth-order valence-electron chi connectivity index (χ4n) is 1.08. The van der Waals surface area contributed by atoms with Crippen LogP contribution >= 0.6 is 0 Å². The van der Waals surface area contributed by atoms with Gasteiger partial charge in [-0.25, -0.2) is 0 Å². The summed E-state index contributed by atoms with van der Waals surface area (Å²) in [7, 11) is 0. The van der Waals surface area contributed by atoms with Crippen LogP contribution in [0.1, 0.15) is 46.5 Å². The molecule has 2 nitrogen and oxygen atoms in total. The lowest BCUT2D eigenvalue weighted by molar-refractivity contribution is -0.00758. The van der Waals surface area contributed by atoms with Crippen LogP contribution in [0, 0.1) is 0 Å². The molecule has 0 radical (unpaired) electrons. The molecule has 80 valence electrons. The summed E-state index contributed by atoms with van der Waals surface area (Å²) >= 11 is 0. The molecule has 0 saturated heterocycles. The molecular formula is C11H24O2. The Morgan fingerprint density at radius 1 is 1.00 bits per heavy atom. The molecule has 0 aromatic carbocycles. The van der Waals surface area contributed by atoms with Crippen molar-refractivity contribution < 1.29 is 9.47 Å². The van der Waals surface area contributed by atoms with Crippen LogP contribution in [-0.2, 0) is 9.47 Å². The van der Waals surface area contributed by atoms with E-state index in [0.29, 0.717) is 0 Å². The number of hydrogen-bond acceptors (Lipinski definition) is 2. The zero-order valence-electron chi connectivity index (χ0n) is 9.34. The van der Waals surface area contributed by atoms with Gasteiger partial charge in [0, 0.05) is 13.2 Å². The van der Waals surface area contributed by atoms with Gasteiger partial charge in [-0.05, 0) is 19.8 Å². The van der Waals surface area contributed by atoms with Gasteiger partial charge in [0.1, 0.15) is 0 Å². The SMILES string of the molecule is CCCCCOC(C)COCCC. The molecule has 0 aliphatic heterocycles. The molecule has 1 atom stereocenters. The highest BCUT2D eigenvalue weighted by Crippen LogP contribution is 1.98. The minimum Gasteiger partial charge on any atom is -0.379 e. The van der Waals surface area contributed by atoms with Gasteiger partial charge in [0.05, 0.1) is 12.7 Å². The average Bonchev–Trinajstić information content (AvgIpc) is 2.13. The summed E-state index contributed by atoms with van der Waals surface area (Å²) in [5.41, 5.74) is 0. The van der Waals surface area contributed by atoms with Crippen LogP contribution in [0.3, 0.4) is 0 Å². The van der Waals surface area contributed by atoms with Gasteiger partial charge in [-0.2, -0.15) is 0 Å². The molecule has 0 aromatic heterocycles. The number of unbranched alkanes of at least 4 members (excludes halogenated alkanes) is 2. The lowest BCUT2D eigenvalue weighted by Crippen LogP contribution is -2.16. The highest BCUT2D eigenvalue weighted by Gasteiger charge is 2.00. The van der Waals surface area contributed by atoms with E-state index in [9.17, 15) is 0 Å². The van der Waals surface area contributed by atoms with Crippen LogP contribution in [0.25, 0.3) is 0 Å². The molecule has 0 heterocycles. The normalized spacial score (nSPS) is 13.2. The molecule has 0 aromatic rings. The van der Waals surface area contributed by atoms with Crippen molar-refractivity contribution >= 4 is 0 Å². The van der Waals surface area contributed by atoms with E-state index in [1.54, 1.807) is 0 Å². The van der Waals surface area contributed by atoms with Crippen molar-refractivity contribution in [1.82, 2.24) is 0 Å². The molecular weight excluding hydrogens is 164 g/mol. The van der Waals surface area contributed by atoms with Gasteiger partial charge in [-0.15, -0.1) is 0 Å². The summed E-state index contributed by atoms with van der Waals surface area (Å²) in [5, 5.41) is 0. The van der Waals surface area contributed by atoms with E-state index < -0.39 is 0 Å². The smallest absolute Gasteiger partial charge is 0.0780 e. The maximum Gasteiger partial charge on any atom is 0.0780 e. The first-order chi connectivity index (χ1) is 6.31. The zero-order chi connectivity index (χ0) is 9.94. The summed E-state index contributed by atoms with van der Waals surface area (Å²) in [6, 6.07) is 0. The first-order valence-electron chi connectivity index (χ1n) is 5.50. The van der Waals surface area contributed by atoms with Crippen molar-refractivity contribution in [3.63, 3.8) is 0 Å². The summed E-state index contributed by atoms with van der Waals surface area (Å²) < 4.78 is 10.9. The van der Waals surface area contributed by atoms with Crippen LogP contribution in [0.5, 0.6) is 0 Å². The van der Waals surface area contributed by atoms with Crippen molar-refractivity contribution in [1.29, 1.82) is 0 Å². The molecule has 0 amide bonds. The Bertz CT molecular complexity index is 94.1. The van der Waals surface area contributed by atoms with Gasteiger partial charge < -0.3 is 9.47 Å². The van der Waals surface area contributed by atoms with E-state index in [1.807, 2.05) is 0 Å². The molecule has 0 saturated carbocycles. The minimum absolute atomic E-state index is 0.253. The molecule has 2 heteroatoms. The lowest BCUT2D eigenvalue weighted by atomic mass is 10.3. The van der Waals surface area contributed by atoms with Crippen molar-refractivity contribution in [3.05, 3.63) is 0 Å². The Hall–Kier alpha value is -0.0800. The van der Waals surface area contributed by atoms with Crippen LogP contribution < -0.4 is 0 Å². The third kappa shape index (κ3) is 9.84. The van der Waals surface area contributed by atoms with Crippen molar-refractivity contribution in [2.45, 2.75) is 52.6 Å². The molecule has 0 bridgehead atoms. The fourth-order valence-corrected chi connectivity index (χ4v) is 1.08. The Morgan fingerprint density at radius 2 is 1.77 bits per heavy atom. The Kier molecular flexibility index (Phi) is 9.94. The first-order valence-corrected chi connectivity index (χ1v) is 5.50. The third-order valence-corrected chi connectivity index (χ3v) is 1.85. The van der Waals surface area contributed by atoms with Gasteiger partial charge in [-0.3, -0.25) is 0 Å². The quantitative estimate of drug-likeness (QED) is 0.518. The summed E-state index contributed by atoms with van der Waals surface area (Å²) in [4.78, 5) is 0. The van der Waals surface area contributed by atoms with Gasteiger partial charge in [0.25, 0.3) is 0 Å². The molecule has 0 fully saturated rings. The van der Waals surface area contributed by atoms with Crippen LogP contribution in [0.4, 0.5) is 0 Å². The van der Waals surface area contributed by atoms with Gasteiger partial charge in [-0.1, -0.05) is 26.7 Å². The monoisotopic (exact) mass is 188 g/mol. The largest absolute Gasteiger partial charge is 0.379 e. The van der Waals surface area contributed by atoms with Crippen molar-refractivity contribution in [2.75, 3.05) is 19.8 Å². The van der Waals surface area contributed by atoms with E-state index in [2.05, 4.69) is 20.8 Å². The van der Waals surface area contributed by atoms with E-state index in [4.69, 9.17) is 9.47 Å². The highest BCUT2D eigenvalue weighted by molar-refractivity contribution is 4.47. The maximum atomic E-state index is 5.57. The van der Waals surface area contributed by atoms with Gasteiger partial charge in [0.2, 0.25) is 0 Å².